The van der Waals surface area contributed by atoms with Crippen molar-refractivity contribution >= 4 is 15.8 Å². The van der Waals surface area contributed by atoms with Crippen LogP contribution in [0.2, 0.25) is 0 Å². The van der Waals surface area contributed by atoms with Crippen LogP contribution in [-0.4, -0.2) is 43.3 Å². The van der Waals surface area contributed by atoms with E-state index in [9.17, 15) is 13.2 Å². The standard InChI is InChI=1S/C20H27N3O3S/c1-14-8-10-22(11-9-14)13-20(24)19-12-15(2)23(16(19)3)17-4-6-18(7-5-17)27(21,25)26/h4-7,12,14H,8-11,13H2,1-3H3,(H2,21,25,26). The number of aromatic nitrogens is 1. The van der Waals surface area contributed by atoms with Crippen LogP contribution in [0.15, 0.2) is 35.2 Å². The SMILES string of the molecule is Cc1cc(C(=O)CN2CCC(C)CC2)c(C)n1-c1ccc(S(N)(=O)=O)cc1. The van der Waals surface area contributed by atoms with Gasteiger partial charge in [0, 0.05) is 22.6 Å². The Hall–Kier alpha value is -1.96. The van der Waals surface area contributed by atoms with Crippen molar-refractivity contribution in [3.05, 3.63) is 47.3 Å². The molecule has 0 radical (unpaired) electrons. The van der Waals surface area contributed by atoms with Crippen molar-refractivity contribution in [2.75, 3.05) is 19.6 Å². The highest BCUT2D eigenvalue weighted by Crippen LogP contribution is 2.23. The van der Waals surface area contributed by atoms with Crippen molar-refractivity contribution in [1.29, 1.82) is 0 Å². The van der Waals surface area contributed by atoms with E-state index in [0.29, 0.717) is 6.54 Å². The van der Waals surface area contributed by atoms with Gasteiger partial charge in [0.05, 0.1) is 11.4 Å². The second kappa shape index (κ2) is 7.58. The van der Waals surface area contributed by atoms with E-state index in [-0.39, 0.29) is 10.7 Å². The average molecular weight is 390 g/mol. The summed E-state index contributed by atoms with van der Waals surface area (Å²) < 4.78 is 24.8. The molecule has 6 nitrogen and oxygen atoms in total. The Kier molecular flexibility index (Phi) is 5.55. The number of carbonyl (C=O) groups is 1. The van der Waals surface area contributed by atoms with E-state index in [1.807, 2.05) is 24.5 Å². The highest BCUT2D eigenvalue weighted by atomic mass is 32.2. The highest BCUT2D eigenvalue weighted by molar-refractivity contribution is 7.89. The number of likely N-dealkylation sites (tertiary alicyclic amines) is 1. The Bertz CT molecular complexity index is 938. The highest BCUT2D eigenvalue weighted by Gasteiger charge is 2.22. The predicted molar refractivity (Wildman–Crippen MR) is 106 cm³/mol. The molecular formula is C20H27N3O3S. The summed E-state index contributed by atoms with van der Waals surface area (Å²) in [6.45, 7) is 8.52. The van der Waals surface area contributed by atoms with Crippen molar-refractivity contribution in [3.63, 3.8) is 0 Å². The Labute approximate surface area is 161 Å². The first-order valence-electron chi connectivity index (χ1n) is 9.24. The van der Waals surface area contributed by atoms with Gasteiger partial charge in [-0.2, -0.15) is 0 Å². The summed E-state index contributed by atoms with van der Waals surface area (Å²) in [6, 6.07) is 8.30. The molecule has 0 spiro atoms. The number of nitrogens with two attached hydrogens (primary N) is 1. The van der Waals surface area contributed by atoms with Gasteiger partial charge < -0.3 is 4.57 Å². The molecule has 2 N–H and O–H groups in total. The minimum Gasteiger partial charge on any atom is -0.318 e. The zero-order chi connectivity index (χ0) is 19.8. The van der Waals surface area contributed by atoms with Crippen LogP contribution in [0, 0.1) is 19.8 Å². The molecule has 1 aliphatic rings. The summed E-state index contributed by atoms with van der Waals surface area (Å²) in [4.78, 5) is 15.2. The lowest BCUT2D eigenvalue weighted by Crippen LogP contribution is -2.36. The first kappa shape index (κ1) is 19.8. The maximum Gasteiger partial charge on any atom is 0.238 e. The summed E-state index contributed by atoms with van der Waals surface area (Å²) in [5.74, 6) is 0.867. The summed E-state index contributed by atoms with van der Waals surface area (Å²) in [6.07, 6.45) is 2.28. The van der Waals surface area contributed by atoms with Crippen molar-refractivity contribution in [1.82, 2.24) is 9.47 Å². The Morgan fingerprint density at radius 2 is 1.74 bits per heavy atom. The fourth-order valence-electron chi connectivity index (χ4n) is 3.74. The number of primary sulfonamides is 1. The number of hydrogen-bond acceptors (Lipinski definition) is 4. The molecule has 27 heavy (non-hydrogen) atoms. The molecule has 2 aromatic rings. The molecule has 7 heteroatoms. The van der Waals surface area contributed by atoms with Crippen LogP contribution in [0.1, 0.15) is 41.5 Å². The molecule has 1 aliphatic heterocycles. The van der Waals surface area contributed by atoms with Crippen LogP contribution in [0.3, 0.4) is 0 Å². The fourth-order valence-corrected chi connectivity index (χ4v) is 4.25. The molecule has 1 aromatic heterocycles. The van der Waals surface area contributed by atoms with Gasteiger partial charge in [-0.1, -0.05) is 6.92 Å². The van der Waals surface area contributed by atoms with Gasteiger partial charge >= 0.3 is 0 Å². The van der Waals surface area contributed by atoms with Crippen LogP contribution in [0.25, 0.3) is 5.69 Å². The first-order valence-corrected chi connectivity index (χ1v) is 10.8. The Morgan fingerprint density at radius 3 is 2.30 bits per heavy atom. The summed E-state index contributed by atoms with van der Waals surface area (Å²) in [7, 11) is -3.72. The van der Waals surface area contributed by atoms with Crippen LogP contribution >= 0.6 is 0 Å². The lowest BCUT2D eigenvalue weighted by atomic mass is 9.99. The van der Waals surface area contributed by atoms with Crippen molar-refractivity contribution in [2.45, 2.75) is 38.5 Å². The Balaban J connectivity index is 1.83. The lowest BCUT2D eigenvalue weighted by Gasteiger charge is -2.29. The summed E-state index contributed by atoms with van der Waals surface area (Å²) in [5, 5.41) is 5.16. The minimum atomic E-state index is -3.72. The summed E-state index contributed by atoms with van der Waals surface area (Å²) >= 11 is 0. The predicted octanol–water partition coefficient (Wildman–Crippen LogP) is 2.66. The second-order valence-electron chi connectivity index (χ2n) is 7.54. The van der Waals surface area contributed by atoms with Crippen molar-refractivity contribution < 1.29 is 13.2 Å². The smallest absolute Gasteiger partial charge is 0.238 e. The first-order chi connectivity index (χ1) is 12.7. The number of piperidine rings is 1. The van der Waals surface area contributed by atoms with Gasteiger partial charge in [0.25, 0.3) is 0 Å². The monoisotopic (exact) mass is 389 g/mol. The van der Waals surface area contributed by atoms with E-state index < -0.39 is 10.0 Å². The van der Waals surface area contributed by atoms with E-state index in [4.69, 9.17) is 5.14 Å². The minimum absolute atomic E-state index is 0.0735. The number of aryl methyl sites for hydroxylation is 1. The molecule has 0 saturated carbocycles. The Morgan fingerprint density at radius 1 is 1.15 bits per heavy atom. The number of carbonyl (C=O) groups excluding carboxylic acids is 1. The molecule has 0 atom stereocenters. The van der Waals surface area contributed by atoms with E-state index in [1.165, 1.54) is 12.1 Å². The quantitative estimate of drug-likeness (QED) is 0.797. The molecular weight excluding hydrogens is 362 g/mol. The third-order valence-electron chi connectivity index (χ3n) is 5.40. The van der Waals surface area contributed by atoms with Crippen molar-refractivity contribution in [2.24, 2.45) is 11.1 Å². The van der Waals surface area contributed by atoms with E-state index in [2.05, 4.69) is 11.8 Å². The van der Waals surface area contributed by atoms with Gasteiger partial charge in [0.2, 0.25) is 10.0 Å². The van der Waals surface area contributed by atoms with Gasteiger partial charge in [0.1, 0.15) is 0 Å². The van der Waals surface area contributed by atoms with Gasteiger partial charge in [-0.3, -0.25) is 9.69 Å². The van der Waals surface area contributed by atoms with Crippen LogP contribution < -0.4 is 5.14 Å². The third-order valence-corrected chi connectivity index (χ3v) is 6.33. The second-order valence-corrected chi connectivity index (χ2v) is 9.10. The number of ketones is 1. The van der Waals surface area contributed by atoms with Crippen LogP contribution in [0.5, 0.6) is 0 Å². The molecule has 1 fully saturated rings. The van der Waals surface area contributed by atoms with Gasteiger partial charge in [-0.05, 0) is 76.0 Å². The molecule has 1 aromatic carbocycles. The maximum absolute atomic E-state index is 12.8. The summed E-state index contributed by atoms with van der Waals surface area (Å²) in [5.41, 5.74) is 3.34. The number of sulfonamides is 1. The van der Waals surface area contributed by atoms with Crippen LogP contribution in [0.4, 0.5) is 0 Å². The van der Waals surface area contributed by atoms with Gasteiger partial charge in [-0.25, -0.2) is 13.6 Å². The molecule has 1 saturated heterocycles. The molecule has 0 amide bonds. The van der Waals surface area contributed by atoms with Gasteiger partial charge in [-0.15, -0.1) is 0 Å². The number of nitrogens with zero attached hydrogens (tertiary/aromatic N) is 2. The van der Waals surface area contributed by atoms with E-state index in [0.717, 1.165) is 54.5 Å². The third kappa shape index (κ3) is 4.31. The number of Topliss-reactive ketones (excluding diaryl/α,β-unsaturated/α-hetero) is 1. The number of rotatable bonds is 5. The molecule has 3 rings (SSSR count). The van der Waals surface area contributed by atoms with E-state index >= 15 is 0 Å². The normalized spacial score (nSPS) is 16.6. The average Bonchev–Trinajstić information content (AvgIpc) is 2.91. The van der Waals surface area contributed by atoms with Gasteiger partial charge in [0.15, 0.2) is 5.78 Å². The molecule has 0 bridgehead atoms. The molecule has 146 valence electrons. The van der Waals surface area contributed by atoms with Crippen molar-refractivity contribution in [3.8, 4) is 5.69 Å². The largest absolute Gasteiger partial charge is 0.318 e. The fraction of sp³-hybridized carbons (Fsp3) is 0.450. The topological polar surface area (TPSA) is 85.4 Å². The van der Waals surface area contributed by atoms with Crippen LogP contribution in [-0.2, 0) is 10.0 Å². The maximum atomic E-state index is 12.8. The zero-order valence-electron chi connectivity index (χ0n) is 16.1. The number of benzene rings is 1. The molecule has 0 aliphatic carbocycles. The molecule has 0 unspecified atom stereocenters. The molecule has 2 heterocycles. The lowest BCUT2D eigenvalue weighted by molar-refractivity contribution is 0.0899. The number of hydrogen-bond donors (Lipinski definition) is 1. The van der Waals surface area contributed by atoms with E-state index in [1.54, 1.807) is 12.1 Å². The zero-order valence-corrected chi connectivity index (χ0v) is 16.9.